The number of amides is 2. The van der Waals surface area contributed by atoms with E-state index in [-0.39, 0.29) is 23.6 Å². The summed E-state index contributed by atoms with van der Waals surface area (Å²) in [5.41, 5.74) is 8.27. The first-order valence-electron chi connectivity index (χ1n) is 8.57. The summed E-state index contributed by atoms with van der Waals surface area (Å²) in [6.45, 7) is 6.39. The fourth-order valence-corrected chi connectivity index (χ4v) is 2.63. The van der Waals surface area contributed by atoms with Crippen molar-refractivity contribution >= 4 is 11.8 Å². The van der Waals surface area contributed by atoms with E-state index in [4.69, 9.17) is 5.73 Å². The Labute approximate surface area is 153 Å². The van der Waals surface area contributed by atoms with Crippen LogP contribution in [-0.2, 0) is 27.8 Å². The van der Waals surface area contributed by atoms with Crippen molar-refractivity contribution in [1.82, 2.24) is 5.32 Å². The summed E-state index contributed by atoms with van der Waals surface area (Å²) < 4.78 is 12.9. The number of carbonyl (C=O) groups excluding carboxylic acids is 2. The molecule has 0 unspecified atom stereocenters. The topological polar surface area (TPSA) is 72.2 Å². The largest absolute Gasteiger partial charge is 0.368 e. The Bertz CT molecular complexity index is 762. The van der Waals surface area contributed by atoms with Crippen molar-refractivity contribution in [2.45, 2.75) is 45.1 Å². The maximum Gasteiger partial charge on any atom is 0.240 e. The number of hydrogen-bond acceptors (Lipinski definition) is 2. The van der Waals surface area contributed by atoms with Crippen molar-refractivity contribution in [3.05, 3.63) is 71.0 Å². The number of primary amides is 1. The van der Waals surface area contributed by atoms with Gasteiger partial charge in [0.1, 0.15) is 11.9 Å². The third-order valence-electron chi connectivity index (χ3n) is 4.22. The summed E-state index contributed by atoms with van der Waals surface area (Å²) >= 11 is 0. The molecule has 1 atom stereocenters. The van der Waals surface area contributed by atoms with Gasteiger partial charge in [0.05, 0.1) is 6.42 Å². The Morgan fingerprint density at radius 3 is 2.04 bits per heavy atom. The Kier molecular flexibility index (Phi) is 6.14. The molecule has 138 valence electrons. The van der Waals surface area contributed by atoms with Crippen LogP contribution in [0.25, 0.3) is 0 Å². The average molecular weight is 356 g/mol. The highest BCUT2D eigenvalue weighted by molar-refractivity contribution is 5.87. The molecular formula is C21H25FN2O2. The quantitative estimate of drug-likeness (QED) is 0.835. The molecule has 5 heteroatoms. The van der Waals surface area contributed by atoms with Crippen molar-refractivity contribution in [2.75, 3.05) is 0 Å². The Balaban J connectivity index is 2.01. The maximum atomic E-state index is 12.9. The van der Waals surface area contributed by atoms with E-state index < -0.39 is 11.9 Å². The Morgan fingerprint density at radius 1 is 1.00 bits per heavy atom. The first kappa shape index (κ1) is 19.6. The number of benzene rings is 2. The van der Waals surface area contributed by atoms with E-state index in [9.17, 15) is 14.0 Å². The van der Waals surface area contributed by atoms with E-state index in [1.54, 1.807) is 12.1 Å². The van der Waals surface area contributed by atoms with Crippen LogP contribution >= 0.6 is 0 Å². The second-order valence-electron chi connectivity index (χ2n) is 7.48. The van der Waals surface area contributed by atoms with Gasteiger partial charge in [0.2, 0.25) is 11.8 Å². The molecule has 2 rings (SSSR count). The van der Waals surface area contributed by atoms with E-state index >= 15 is 0 Å². The fraction of sp³-hybridized carbons (Fsp3) is 0.333. The Hall–Kier alpha value is -2.69. The van der Waals surface area contributed by atoms with Gasteiger partial charge in [0, 0.05) is 6.42 Å². The smallest absolute Gasteiger partial charge is 0.240 e. The van der Waals surface area contributed by atoms with Crippen LogP contribution in [0.2, 0.25) is 0 Å². The molecule has 0 bridgehead atoms. The molecule has 0 saturated carbocycles. The second kappa shape index (κ2) is 8.13. The third kappa shape index (κ3) is 5.69. The number of carbonyl (C=O) groups is 2. The van der Waals surface area contributed by atoms with Crippen LogP contribution in [0.15, 0.2) is 48.5 Å². The van der Waals surface area contributed by atoms with Gasteiger partial charge in [-0.25, -0.2) is 4.39 Å². The van der Waals surface area contributed by atoms with Gasteiger partial charge in [-0.05, 0) is 34.2 Å². The molecule has 0 saturated heterocycles. The molecule has 0 aromatic heterocycles. The number of rotatable bonds is 6. The first-order valence-corrected chi connectivity index (χ1v) is 8.57. The lowest BCUT2D eigenvalue weighted by Crippen LogP contribution is -2.46. The van der Waals surface area contributed by atoms with Gasteiger partial charge in [-0.2, -0.15) is 0 Å². The minimum Gasteiger partial charge on any atom is -0.368 e. The van der Waals surface area contributed by atoms with Crippen molar-refractivity contribution < 1.29 is 14.0 Å². The molecule has 4 nitrogen and oxygen atoms in total. The molecule has 2 aromatic carbocycles. The first-order chi connectivity index (χ1) is 12.1. The van der Waals surface area contributed by atoms with E-state index in [1.807, 2.05) is 24.3 Å². The summed E-state index contributed by atoms with van der Waals surface area (Å²) in [5, 5.41) is 2.67. The highest BCUT2D eigenvalue weighted by Crippen LogP contribution is 2.22. The molecule has 0 aliphatic carbocycles. The van der Waals surface area contributed by atoms with Gasteiger partial charge in [0.15, 0.2) is 0 Å². The zero-order valence-electron chi connectivity index (χ0n) is 15.4. The van der Waals surface area contributed by atoms with Gasteiger partial charge < -0.3 is 11.1 Å². The lowest BCUT2D eigenvalue weighted by atomic mass is 9.86. The van der Waals surface area contributed by atoms with E-state index in [1.165, 1.54) is 17.7 Å². The summed E-state index contributed by atoms with van der Waals surface area (Å²) in [6, 6.07) is 12.8. The van der Waals surface area contributed by atoms with Gasteiger partial charge >= 0.3 is 0 Å². The monoisotopic (exact) mass is 356 g/mol. The van der Waals surface area contributed by atoms with Gasteiger partial charge in [0.25, 0.3) is 0 Å². The van der Waals surface area contributed by atoms with Crippen molar-refractivity contribution in [3.8, 4) is 0 Å². The zero-order chi connectivity index (χ0) is 19.3. The SMILES string of the molecule is CC(C)(C)c1ccc(C[C@H](NC(=O)Cc2ccc(F)cc2)C(N)=O)cc1. The average Bonchev–Trinajstić information content (AvgIpc) is 2.56. The molecule has 0 aliphatic heterocycles. The molecule has 0 aliphatic rings. The molecule has 26 heavy (non-hydrogen) atoms. The van der Waals surface area contributed by atoms with E-state index in [0.29, 0.717) is 12.0 Å². The van der Waals surface area contributed by atoms with E-state index in [0.717, 1.165) is 5.56 Å². The summed E-state index contributed by atoms with van der Waals surface area (Å²) in [7, 11) is 0. The summed E-state index contributed by atoms with van der Waals surface area (Å²) in [5.74, 6) is -1.27. The number of hydrogen-bond donors (Lipinski definition) is 2. The van der Waals surface area contributed by atoms with Crippen LogP contribution in [0, 0.1) is 5.82 Å². The van der Waals surface area contributed by atoms with Crippen LogP contribution in [0.5, 0.6) is 0 Å². The highest BCUT2D eigenvalue weighted by atomic mass is 19.1. The van der Waals surface area contributed by atoms with Crippen LogP contribution in [-0.4, -0.2) is 17.9 Å². The van der Waals surface area contributed by atoms with Gasteiger partial charge in [-0.1, -0.05) is 57.2 Å². The number of halogens is 1. The zero-order valence-corrected chi connectivity index (χ0v) is 15.4. The molecular weight excluding hydrogens is 331 g/mol. The van der Waals surface area contributed by atoms with Gasteiger partial charge in [-0.3, -0.25) is 9.59 Å². The highest BCUT2D eigenvalue weighted by Gasteiger charge is 2.19. The minimum atomic E-state index is -0.788. The van der Waals surface area contributed by atoms with Crippen LogP contribution in [0.1, 0.15) is 37.5 Å². The number of nitrogens with one attached hydrogen (secondary N) is 1. The predicted octanol–water partition coefficient (Wildman–Crippen LogP) is 2.88. The van der Waals surface area contributed by atoms with Gasteiger partial charge in [-0.15, -0.1) is 0 Å². The maximum absolute atomic E-state index is 12.9. The number of nitrogens with two attached hydrogens (primary N) is 1. The molecule has 2 amide bonds. The fourth-order valence-electron chi connectivity index (χ4n) is 2.63. The molecule has 0 fully saturated rings. The summed E-state index contributed by atoms with van der Waals surface area (Å²) in [6.07, 6.45) is 0.391. The molecule has 0 spiro atoms. The lowest BCUT2D eigenvalue weighted by Gasteiger charge is -2.20. The summed E-state index contributed by atoms with van der Waals surface area (Å²) in [4.78, 5) is 23.9. The molecule has 0 radical (unpaired) electrons. The van der Waals surface area contributed by atoms with Crippen molar-refractivity contribution in [1.29, 1.82) is 0 Å². The third-order valence-corrected chi connectivity index (χ3v) is 4.22. The van der Waals surface area contributed by atoms with Crippen molar-refractivity contribution in [3.63, 3.8) is 0 Å². The normalized spacial score (nSPS) is 12.5. The molecule has 0 heterocycles. The standard InChI is InChI=1S/C21H25FN2O2/c1-21(2,3)16-8-4-14(5-9-16)12-18(20(23)26)24-19(25)13-15-6-10-17(22)11-7-15/h4-11,18H,12-13H2,1-3H3,(H2,23,26)(H,24,25)/t18-/m0/s1. The minimum absolute atomic E-state index is 0.0466. The van der Waals surface area contributed by atoms with Crippen LogP contribution in [0.4, 0.5) is 4.39 Å². The van der Waals surface area contributed by atoms with Crippen LogP contribution < -0.4 is 11.1 Å². The predicted molar refractivity (Wildman–Crippen MR) is 100 cm³/mol. The van der Waals surface area contributed by atoms with Crippen molar-refractivity contribution in [2.24, 2.45) is 5.73 Å². The van der Waals surface area contributed by atoms with E-state index in [2.05, 4.69) is 26.1 Å². The molecule has 2 aromatic rings. The second-order valence-corrected chi connectivity index (χ2v) is 7.48. The van der Waals surface area contributed by atoms with Crippen LogP contribution in [0.3, 0.4) is 0 Å². The lowest BCUT2D eigenvalue weighted by molar-refractivity contribution is -0.127. The Morgan fingerprint density at radius 2 is 1.54 bits per heavy atom. The molecule has 3 N–H and O–H groups in total.